The second kappa shape index (κ2) is 7.43. The summed E-state index contributed by atoms with van der Waals surface area (Å²) in [4.78, 5) is 0. The molecule has 0 heterocycles. The minimum atomic E-state index is -0.262. The number of ether oxygens (including phenoxy) is 1. The van der Waals surface area contributed by atoms with Crippen LogP contribution in [0.1, 0.15) is 11.1 Å². The molecule has 4 heteroatoms. The summed E-state index contributed by atoms with van der Waals surface area (Å²) < 4.78 is 18.7. The lowest BCUT2D eigenvalue weighted by Gasteiger charge is -2.18. The van der Waals surface area contributed by atoms with E-state index in [2.05, 4.69) is 5.32 Å². The quantitative estimate of drug-likeness (QED) is 0.875. The number of halogens is 2. The monoisotopic (exact) mass is 307 g/mol. The van der Waals surface area contributed by atoms with Gasteiger partial charge in [0.15, 0.2) is 0 Å². The minimum Gasteiger partial charge on any atom is -0.496 e. The number of rotatable bonds is 6. The standard InChI is InChI=1S/C17H19ClFNO/c1-20-15(10-12-5-3-4-6-17(12)21-2)11-13-9-14(19)7-8-16(13)18/h3-9,15,20H,10-11H2,1-2H3. The molecule has 2 aromatic rings. The first-order valence-electron chi connectivity index (χ1n) is 6.87. The van der Waals surface area contributed by atoms with Crippen molar-refractivity contribution in [2.45, 2.75) is 18.9 Å². The van der Waals surface area contributed by atoms with E-state index in [0.29, 0.717) is 11.4 Å². The Morgan fingerprint density at radius 1 is 1.14 bits per heavy atom. The van der Waals surface area contributed by atoms with Crippen molar-refractivity contribution < 1.29 is 9.13 Å². The van der Waals surface area contributed by atoms with Crippen molar-refractivity contribution in [1.82, 2.24) is 5.32 Å². The lowest BCUT2D eigenvalue weighted by Crippen LogP contribution is -2.30. The van der Waals surface area contributed by atoms with Gasteiger partial charge >= 0.3 is 0 Å². The van der Waals surface area contributed by atoms with Crippen LogP contribution in [-0.2, 0) is 12.8 Å². The van der Waals surface area contributed by atoms with Gasteiger partial charge in [0.05, 0.1) is 7.11 Å². The summed E-state index contributed by atoms with van der Waals surface area (Å²) in [6.45, 7) is 0. The predicted octanol–water partition coefficient (Wildman–Crippen LogP) is 3.86. The predicted molar refractivity (Wildman–Crippen MR) is 84.7 cm³/mol. The van der Waals surface area contributed by atoms with Crippen LogP contribution in [0, 0.1) is 5.82 Å². The molecule has 1 N–H and O–H groups in total. The molecule has 2 rings (SSSR count). The van der Waals surface area contributed by atoms with Crippen LogP contribution < -0.4 is 10.1 Å². The number of benzene rings is 2. The van der Waals surface area contributed by atoms with Crippen LogP contribution in [0.4, 0.5) is 4.39 Å². The fourth-order valence-corrected chi connectivity index (χ4v) is 2.57. The van der Waals surface area contributed by atoms with Crippen LogP contribution in [-0.4, -0.2) is 20.2 Å². The fourth-order valence-electron chi connectivity index (χ4n) is 2.38. The first-order chi connectivity index (χ1) is 10.1. The van der Waals surface area contributed by atoms with Gasteiger partial charge in [-0.05, 0) is 55.3 Å². The molecule has 0 saturated heterocycles. The molecule has 0 amide bonds. The number of hydrogen-bond acceptors (Lipinski definition) is 2. The highest BCUT2D eigenvalue weighted by Gasteiger charge is 2.13. The van der Waals surface area contributed by atoms with Gasteiger partial charge in [0, 0.05) is 11.1 Å². The third-order valence-electron chi connectivity index (χ3n) is 3.54. The largest absolute Gasteiger partial charge is 0.496 e. The van der Waals surface area contributed by atoms with Gasteiger partial charge in [-0.3, -0.25) is 0 Å². The molecule has 0 saturated carbocycles. The Kier molecular flexibility index (Phi) is 5.59. The maximum Gasteiger partial charge on any atom is 0.123 e. The van der Waals surface area contributed by atoms with Crippen molar-refractivity contribution in [3.05, 3.63) is 64.4 Å². The van der Waals surface area contributed by atoms with Crippen molar-refractivity contribution in [2.24, 2.45) is 0 Å². The fraction of sp³-hybridized carbons (Fsp3) is 0.294. The Morgan fingerprint density at radius 2 is 1.86 bits per heavy atom. The van der Waals surface area contributed by atoms with Gasteiger partial charge < -0.3 is 10.1 Å². The summed E-state index contributed by atoms with van der Waals surface area (Å²) >= 11 is 6.14. The third-order valence-corrected chi connectivity index (χ3v) is 3.91. The molecule has 21 heavy (non-hydrogen) atoms. The van der Waals surface area contributed by atoms with E-state index in [1.165, 1.54) is 12.1 Å². The van der Waals surface area contributed by atoms with Crippen molar-refractivity contribution in [1.29, 1.82) is 0 Å². The maximum atomic E-state index is 13.3. The first kappa shape index (κ1) is 15.8. The number of para-hydroxylation sites is 1. The van der Waals surface area contributed by atoms with Crippen molar-refractivity contribution in [2.75, 3.05) is 14.2 Å². The number of hydrogen-bond donors (Lipinski definition) is 1. The van der Waals surface area contributed by atoms with E-state index in [1.54, 1.807) is 13.2 Å². The lowest BCUT2D eigenvalue weighted by atomic mass is 9.98. The van der Waals surface area contributed by atoms with E-state index in [0.717, 1.165) is 23.3 Å². The van der Waals surface area contributed by atoms with Gasteiger partial charge in [0.1, 0.15) is 11.6 Å². The van der Waals surface area contributed by atoms with E-state index in [9.17, 15) is 4.39 Å². The third kappa shape index (κ3) is 4.19. The first-order valence-corrected chi connectivity index (χ1v) is 7.25. The Balaban J connectivity index is 2.15. The van der Waals surface area contributed by atoms with Gasteiger partial charge in [-0.25, -0.2) is 4.39 Å². The summed E-state index contributed by atoms with van der Waals surface area (Å²) in [6, 6.07) is 12.5. The summed E-state index contributed by atoms with van der Waals surface area (Å²) in [5.41, 5.74) is 1.93. The second-order valence-corrected chi connectivity index (χ2v) is 5.35. The zero-order valence-corrected chi connectivity index (χ0v) is 13.0. The molecular weight excluding hydrogens is 289 g/mol. The molecule has 0 radical (unpaired) electrons. The molecular formula is C17H19ClFNO. The second-order valence-electron chi connectivity index (χ2n) is 4.94. The average molecular weight is 308 g/mol. The number of methoxy groups -OCH3 is 1. The van der Waals surface area contributed by atoms with Crippen LogP contribution in [0.15, 0.2) is 42.5 Å². The molecule has 112 valence electrons. The SMILES string of the molecule is CNC(Cc1cc(F)ccc1Cl)Cc1ccccc1OC. The van der Waals surface area contributed by atoms with Gasteiger partial charge in [0.25, 0.3) is 0 Å². The molecule has 0 fully saturated rings. The summed E-state index contributed by atoms with van der Waals surface area (Å²) in [7, 11) is 3.56. The van der Waals surface area contributed by atoms with Crippen LogP contribution in [0.5, 0.6) is 5.75 Å². The van der Waals surface area contributed by atoms with Gasteiger partial charge in [-0.1, -0.05) is 29.8 Å². The molecule has 2 nitrogen and oxygen atoms in total. The summed E-state index contributed by atoms with van der Waals surface area (Å²) in [5, 5.41) is 3.85. The molecule has 1 unspecified atom stereocenters. The normalized spacial score (nSPS) is 12.2. The van der Waals surface area contributed by atoms with Crippen LogP contribution >= 0.6 is 11.6 Å². The van der Waals surface area contributed by atoms with Crippen LogP contribution in [0.3, 0.4) is 0 Å². The highest BCUT2D eigenvalue weighted by Crippen LogP contribution is 2.23. The molecule has 0 spiro atoms. The summed E-state index contributed by atoms with van der Waals surface area (Å²) in [5.74, 6) is 0.602. The zero-order chi connectivity index (χ0) is 15.2. The lowest BCUT2D eigenvalue weighted by molar-refractivity contribution is 0.406. The molecule has 0 bridgehead atoms. The Labute approximate surface area is 129 Å². The van der Waals surface area contributed by atoms with E-state index in [1.807, 2.05) is 31.3 Å². The van der Waals surface area contributed by atoms with Crippen molar-refractivity contribution in [3.8, 4) is 5.75 Å². The van der Waals surface area contributed by atoms with Gasteiger partial charge in [0.2, 0.25) is 0 Å². The average Bonchev–Trinajstić information content (AvgIpc) is 2.50. The highest BCUT2D eigenvalue weighted by molar-refractivity contribution is 6.31. The topological polar surface area (TPSA) is 21.3 Å². The minimum absolute atomic E-state index is 0.153. The van der Waals surface area contributed by atoms with Crippen LogP contribution in [0.2, 0.25) is 5.02 Å². The Morgan fingerprint density at radius 3 is 2.57 bits per heavy atom. The summed E-state index contributed by atoms with van der Waals surface area (Å²) in [6.07, 6.45) is 1.44. The van der Waals surface area contributed by atoms with Gasteiger partial charge in [-0.2, -0.15) is 0 Å². The number of likely N-dealkylation sites (N-methyl/N-ethyl adjacent to an activating group) is 1. The van der Waals surface area contributed by atoms with Crippen molar-refractivity contribution in [3.63, 3.8) is 0 Å². The van der Waals surface area contributed by atoms with Crippen molar-refractivity contribution >= 4 is 11.6 Å². The maximum absolute atomic E-state index is 13.3. The highest BCUT2D eigenvalue weighted by atomic mass is 35.5. The zero-order valence-electron chi connectivity index (χ0n) is 12.2. The van der Waals surface area contributed by atoms with E-state index < -0.39 is 0 Å². The van der Waals surface area contributed by atoms with Gasteiger partial charge in [-0.15, -0.1) is 0 Å². The molecule has 0 aliphatic heterocycles. The molecule has 0 aliphatic rings. The molecule has 0 aromatic heterocycles. The smallest absolute Gasteiger partial charge is 0.123 e. The van der Waals surface area contributed by atoms with E-state index in [4.69, 9.17) is 16.3 Å². The molecule has 0 aliphatic carbocycles. The van der Waals surface area contributed by atoms with E-state index >= 15 is 0 Å². The number of nitrogens with one attached hydrogen (secondary N) is 1. The van der Waals surface area contributed by atoms with E-state index in [-0.39, 0.29) is 11.9 Å². The molecule has 1 atom stereocenters. The Bertz CT molecular complexity index is 603. The van der Waals surface area contributed by atoms with Crippen LogP contribution in [0.25, 0.3) is 0 Å². The Hall–Kier alpha value is -1.58. The molecule has 2 aromatic carbocycles.